The highest BCUT2D eigenvalue weighted by Gasteiger charge is 2.16. The number of nitrogens with one attached hydrogen (secondary N) is 2. The van der Waals surface area contributed by atoms with Gasteiger partial charge in [-0.1, -0.05) is 35.9 Å². The molecule has 134 valence electrons. The molecule has 0 atom stereocenters. The second-order valence-electron chi connectivity index (χ2n) is 5.40. The summed E-state index contributed by atoms with van der Waals surface area (Å²) in [5, 5.41) is 0. The van der Waals surface area contributed by atoms with Crippen molar-refractivity contribution < 1.29 is 13.2 Å². The van der Waals surface area contributed by atoms with Gasteiger partial charge in [0, 0.05) is 0 Å². The Labute approximate surface area is 151 Å². The molecule has 8 nitrogen and oxygen atoms in total. The molecule has 9 heteroatoms. The van der Waals surface area contributed by atoms with Crippen molar-refractivity contribution in [3.63, 3.8) is 0 Å². The van der Waals surface area contributed by atoms with Crippen molar-refractivity contribution in [1.29, 1.82) is 0 Å². The van der Waals surface area contributed by atoms with Gasteiger partial charge in [0.05, 0.1) is 4.90 Å². The number of anilines is 2. The molecule has 1 aromatic heterocycles. The molecule has 4 N–H and O–H groups in total. The smallest absolute Gasteiger partial charge is 0.257 e. The minimum Gasteiger partial charge on any atom is -0.437 e. The summed E-state index contributed by atoms with van der Waals surface area (Å²) < 4.78 is 30.2. The largest absolute Gasteiger partial charge is 0.437 e. The average molecular weight is 371 g/mol. The highest BCUT2D eigenvalue weighted by Crippen LogP contribution is 2.28. The van der Waals surface area contributed by atoms with Crippen LogP contribution in [0.4, 0.5) is 11.5 Å². The maximum Gasteiger partial charge on any atom is 0.257 e. The molecule has 2 aromatic carbocycles. The van der Waals surface area contributed by atoms with Gasteiger partial charge in [0.2, 0.25) is 5.88 Å². The van der Waals surface area contributed by atoms with Crippen LogP contribution in [-0.4, -0.2) is 18.4 Å². The summed E-state index contributed by atoms with van der Waals surface area (Å²) in [6.45, 7) is 1.87. The summed E-state index contributed by atoms with van der Waals surface area (Å²) in [5.41, 5.74) is 9.50. The van der Waals surface area contributed by atoms with Gasteiger partial charge in [-0.05, 0) is 31.2 Å². The molecule has 0 aliphatic rings. The van der Waals surface area contributed by atoms with E-state index in [1.807, 2.05) is 25.1 Å². The molecule has 0 amide bonds. The van der Waals surface area contributed by atoms with E-state index in [9.17, 15) is 8.42 Å². The first-order valence-electron chi connectivity index (χ1n) is 7.63. The van der Waals surface area contributed by atoms with Crippen LogP contribution in [0.2, 0.25) is 0 Å². The molecule has 3 rings (SSSR count). The van der Waals surface area contributed by atoms with E-state index in [2.05, 4.69) is 20.2 Å². The van der Waals surface area contributed by atoms with Gasteiger partial charge >= 0.3 is 0 Å². The van der Waals surface area contributed by atoms with E-state index in [1.54, 1.807) is 24.3 Å². The Balaban J connectivity index is 1.76. The molecule has 0 radical (unpaired) electrons. The van der Waals surface area contributed by atoms with Crippen molar-refractivity contribution in [3.8, 4) is 11.6 Å². The Kier molecular flexibility index (Phi) is 5.01. The normalized spacial score (nSPS) is 11.1. The van der Waals surface area contributed by atoms with Gasteiger partial charge in [0.15, 0.2) is 5.82 Å². The first-order chi connectivity index (χ1) is 12.5. The third kappa shape index (κ3) is 4.08. The van der Waals surface area contributed by atoms with Gasteiger partial charge < -0.3 is 10.5 Å². The number of aromatic nitrogens is 2. The summed E-state index contributed by atoms with van der Waals surface area (Å²) in [6.07, 6.45) is 1.22. The number of nitrogens with two attached hydrogens (primary N) is 1. The molecule has 0 saturated heterocycles. The van der Waals surface area contributed by atoms with Crippen molar-refractivity contribution in [2.45, 2.75) is 11.8 Å². The lowest BCUT2D eigenvalue weighted by Gasteiger charge is -2.12. The number of aryl methyl sites for hydroxylation is 1. The zero-order valence-corrected chi connectivity index (χ0v) is 14.7. The average Bonchev–Trinajstić information content (AvgIpc) is 2.64. The molecule has 0 saturated carbocycles. The number of rotatable bonds is 6. The second kappa shape index (κ2) is 7.38. The van der Waals surface area contributed by atoms with Crippen LogP contribution in [-0.2, 0) is 10.0 Å². The lowest BCUT2D eigenvalue weighted by Crippen LogP contribution is -2.30. The van der Waals surface area contributed by atoms with E-state index in [-0.39, 0.29) is 22.3 Å². The quantitative estimate of drug-likeness (QED) is 0.569. The maximum absolute atomic E-state index is 12.3. The fraction of sp³-hybridized carbons (Fsp3) is 0.0588. The highest BCUT2D eigenvalue weighted by atomic mass is 32.2. The van der Waals surface area contributed by atoms with Crippen LogP contribution in [0.3, 0.4) is 0 Å². The third-order valence-electron chi connectivity index (χ3n) is 3.44. The standard InChI is InChI=1S/C17H17N5O3S/c1-12-7-9-14(10-8-12)26(23,24)22-21-16-15(18)17(20-11-19-16)25-13-5-3-2-4-6-13/h2-11,22H,18H2,1H3,(H,19,20,21). The van der Waals surface area contributed by atoms with Gasteiger partial charge in [0.25, 0.3) is 10.0 Å². The van der Waals surface area contributed by atoms with Gasteiger partial charge in [0.1, 0.15) is 17.8 Å². The van der Waals surface area contributed by atoms with E-state index in [1.165, 1.54) is 18.5 Å². The molecular weight excluding hydrogens is 354 g/mol. The maximum atomic E-state index is 12.3. The predicted molar refractivity (Wildman–Crippen MR) is 98.1 cm³/mol. The Morgan fingerprint density at radius 1 is 1.00 bits per heavy atom. The van der Waals surface area contributed by atoms with Crippen LogP contribution in [0.1, 0.15) is 5.56 Å². The van der Waals surface area contributed by atoms with Crippen LogP contribution < -0.4 is 20.7 Å². The summed E-state index contributed by atoms with van der Waals surface area (Å²) in [7, 11) is -3.78. The predicted octanol–water partition coefficient (Wildman–Crippen LogP) is 2.46. The van der Waals surface area contributed by atoms with Crippen LogP contribution >= 0.6 is 0 Å². The minimum atomic E-state index is -3.78. The number of nitrogen functional groups attached to an aromatic ring is 1. The first-order valence-corrected chi connectivity index (χ1v) is 9.12. The van der Waals surface area contributed by atoms with Gasteiger partial charge in [-0.2, -0.15) is 4.98 Å². The number of benzene rings is 2. The fourth-order valence-electron chi connectivity index (χ4n) is 2.05. The Morgan fingerprint density at radius 3 is 2.38 bits per heavy atom. The van der Waals surface area contributed by atoms with Crippen LogP contribution in [0.25, 0.3) is 0 Å². The van der Waals surface area contributed by atoms with Crippen molar-refractivity contribution in [2.75, 3.05) is 11.2 Å². The molecule has 0 fully saturated rings. The SMILES string of the molecule is Cc1ccc(S(=O)(=O)NNc2ncnc(Oc3ccccc3)c2N)cc1. The molecule has 0 spiro atoms. The van der Waals surface area contributed by atoms with Crippen molar-refractivity contribution in [2.24, 2.45) is 0 Å². The molecular formula is C17H17N5O3S. The molecule has 0 aliphatic heterocycles. The van der Waals surface area contributed by atoms with E-state index in [0.29, 0.717) is 5.75 Å². The summed E-state index contributed by atoms with van der Waals surface area (Å²) in [4.78, 5) is 10.3. The zero-order chi connectivity index (χ0) is 18.6. The van der Waals surface area contributed by atoms with Crippen molar-refractivity contribution >= 4 is 21.5 Å². The summed E-state index contributed by atoms with van der Waals surface area (Å²) >= 11 is 0. The van der Waals surface area contributed by atoms with E-state index in [0.717, 1.165) is 5.56 Å². The van der Waals surface area contributed by atoms with E-state index < -0.39 is 10.0 Å². The molecule has 0 bridgehead atoms. The topological polar surface area (TPSA) is 119 Å². The number of nitrogens with zero attached hydrogens (tertiary/aromatic N) is 2. The molecule has 0 aliphatic carbocycles. The molecule has 26 heavy (non-hydrogen) atoms. The Morgan fingerprint density at radius 2 is 1.69 bits per heavy atom. The number of hydrogen-bond acceptors (Lipinski definition) is 7. The second-order valence-corrected chi connectivity index (χ2v) is 7.08. The van der Waals surface area contributed by atoms with E-state index >= 15 is 0 Å². The fourth-order valence-corrected chi connectivity index (χ4v) is 2.90. The van der Waals surface area contributed by atoms with Gasteiger partial charge in [-0.15, -0.1) is 4.83 Å². The lowest BCUT2D eigenvalue weighted by molar-refractivity contribution is 0.464. The molecule has 1 heterocycles. The molecule has 3 aromatic rings. The van der Waals surface area contributed by atoms with E-state index in [4.69, 9.17) is 10.5 Å². The Hall–Kier alpha value is -3.17. The lowest BCUT2D eigenvalue weighted by atomic mass is 10.2. The third-order valence-corrected chi connectivity index (χ3v) is 4.70. The number of hydrogen-bond donors (Lipinski definition) is 3. The van der Waals surface area contributed by atoms with Crippen LogP contribution in [0.5, 0.6) is 11.6 Å². The minimum absolute atomic E-state index is 0.0722. The number of hydrazine groups is 1. The van der Waals surface area contributed by atoms with Gasteiger partial charge in [-0.3, -0.25) is 5.43 Å². The van der Waals surface area contributed by atoms with Crippen LogP contribution in [0, 0.1) is 6.92 Å². The number of ether oxygens (including phenoxy) is 1. The van der Waals surface area contributed by atoms with Gasteiger partial charge in [-0.25, -0.2) is 13.4 Å². The number of sulfonamides is 1. The Bertz CT molecular complexity index is 993. The van der Waals surface area contributed by atoms with Crippen LogP contribution in [0.15, 0.2) is 65.8 Å². The monoisotopic (exact) mass is 371 g/mol. The summed E-state index contributed by atoms with van der Waals surface area (Å²) in [5.74, 6) is 0.744. The molecule has 0 unspecified atom stereocenters. The first kappa shape index (κ1) is 17.6. The summed E-state index contributed by atoms with van der Waals surface area (Å²) in [6, 6.07) is 15.4. The zero-order valence-electron chi connectivity index (χ0n) is 13.9. The van der Waals surface area contributed by atoms with Crippen molar-refractivity contribution in [1.82, 2.24) is 14.8 Å². The number of para-hydroxylation sites is 1. The van der Waals surface area contributed by atoms with Crippen molar-refractivity contribution in [3.05, 3.63) is 66.5 Å². The highest BCUT2D eigenvalue weighted by molar-refractivity contribution is 7.89.